The summed E-state index contributed by atoms with van der Waals surface area (Å²) in [6, 6.07) is 2.73. The maximum atomic E-state index is 12.0. The lowest BCUT2D eigenvalue weighted by Gasteiger charge is -2.15. The Hall–Kier alpha value is -1.12. The maximum Gasteiger partial charge on any atom is 0.238 e. The molecule has 0 atom stereocenters. The van der Waals surface area contributed by atoms with Crippen LogP contribution in [-0.2, 0) is 20.0 Å². The van der Waals surface area contributed by atoms with E-state index < -0.39 is 20.0 Å². The summed E-state index contributed by atoms with van der Waals surface area (Å²) in [6.07, 6.45) is 0.558. The highest BCUT2D eigenvalue weighted by atomic mass is 32.2. The maximum absolute atomic E-state index is 12.0. The summed E-state index contributed by atoms with van der Waals surface area (Å²) in [4.78, 5) is -0.0253. The molecule has 0 bridgehead atoms. The van der Waals surface area contributed by atoms with Gasteiger partial charge in [0.05, 0.1) is 16.3 Å². The van der Waals surface area contributed by atoms with E-state index in [0.29, 0.717) is 23.2 Å². The van der Waals surface area contributed by atoms with Crippen molar-refractivity contribution in [3.63, 3.8) is 0 Å². The highest BCUT2D eigenvalue weighted by Gasteiger charge is 2.17. The summed E-state index contributed by atoms with van der Waals surface area (Å²) < 4.78 is 49.3. The van der Waals surface area contributed by atoms with E-state index in [1.165, 1.54) is 12.1 Å². The first kappa shape index (κ1) is 17.9. The second-order valence-electron chi connectivity index (χ2n) is 5.58. The van der Waals surface area contributed by atoms with Gasteiger partial charge >= 0.3 is 0 Å². The van der Waals surface area contributed by atoms with E-state index in [1.807, 2.05) is 13.8 Å². The molecule has 1 rings (SSSR count). The number of hydrogen-bond acceptors (Lipinski definition) is 4. The van der Waals surface area contributed by atoms with Gasteiger partial charge in [-0.2, -0.15) is 0 Å². The highest BCUT2D eigenvalue weighted by Crippen LogP contribution is 2.25. The van der Waals surface area contributed by atoms with Crippen LogP contribution in [0.25, 0.3) is 0 Å². The SMILES string of the molecule is Cc1cc(S(N)(=O)=O)cc(C)c1NS(=O)(=O)CCC(C)C. The van der Waals surface area contributed by atoms with Crippen LogP contribution < -0.4 is 9.86 Å². The fraction of sp³-hybridized carbons (Fsp3) is 0.538. The molecule has 0 aliphatic carbocycles. The van der Waals surface area contributed by atoms with Crippen molar-refractivity contribution >= 4 is 25.7 Å². The summed E-state index contributed by atoms with van der Waals surface area (Å²) >= 11 is 0. The largest absolute Gasteiger partial charge is 0.283 e. The van der Waals surface area contributed by atoms with Crippen molar-refractivity contribution in [1.29, 1.82) is 0 Å². The van der Waals surface area contributed by atoms with Crippen molar-refractivity contribution in [2.45, 2.75) is 39.0 Å². The zero-order valence-corrected chi connectivity index (χ0v) is 14.3. The van der Waals surface area contributed by atoms with Crippen molar-refractivity contribution in [3.05, 3.63) is 23.3 Å². The van der Waals surface area contributed by atoms with Gasteiger partial charge in [0.25, 0.3) is 0 Å². The van der Waals surface area contributed by atoms with Gasteiger partial charge < -0.3 is 0 Å². The summed E-state index contributed by atoms with van der Waals surface area (Å²) in [7, 11) is -7.26. The fourth-order valence-electron chi connectivity index (χ4n) is 1.85. The predicted molar refractivity (Wildman–Crippen MR) is 84.2 cm³/mol. The van der Waals surface area contributed by atoms with Crippen molar-refractivity contribution < 1.29 is 16.8 Å². The average Bonchev–Trinajstić information content (AvgIpc) is 2.30. The topological polar surface area (TPSA) is 106 Å². The lowest BCUT2D eigenvalue weighted by molar-refractivity contribution is 0.578. The normalized spacial score (nSPS) is 12.7. The van der Waals surface area contributed by atoms with Gasteiger partial charge in [0.2, 0.25) is 20.0 Å². The molecule has 6 nitrogen and oxygen atoms in total. The van der Waals surface area contributed by atoms with Crippen molar-refractivity contribution in [2.24, 2.45) is 11.1 Å². The van der Waals surface area contributed by atoms with Crippen LogP contribution in [0.3, 0.4) is 0 Å². The fourth-order valence-corrected chi connectivity index (χ4v) is 4.05. The number of aryl methyl sites for hydroxylation is 2. The number of benzene rings is 1. The number of sulfonamides is 2. The Balaban J connectivity index is 3.11. The predicted octanol–water partition coefficient (Wildman–Crippen LogP) is 1.74. The molecule has 3 N–H and O–H groups in total. The Bertz CT molecular complexity index is 700. The molecule has 0 aliphatic heterocycles. The second-order valence-corrected chi connectivity index (χ2v) is 8.98. The van der Waals surface area contributed by atoms with Gasteiger partial charge in [-0.25, -0.2) is 22.0 Å². The second kappa shape index (κ2) is 6.33. The molecule has 0 unspecified atom stereocenters. The molecule has 0 radical (unpaired) electrons. The molecule has 21 heavy (non-hydrogen) atoms. The first-order valence-corrected chi connectivity index (χ1v) is 9.77. The molecule has 0 heterocycles. The Kier molecular flexibility index (Phi) is 5.40. The first-order valence-electron chi connectivity index (χ1n) is 6.57. The molecular formula is C13H22N2O4S2. The third-order valence-electron chi connectivity index (χ3n) is 3.06. The van der Waals surface area contributed by atoms with Gasteiger partial charge in [-0.1, -0.05) is 13.8 Å². The number of hydrogen-bond donors (Lipinski definition) is 2. The summed E-state index contributed by atoms with van der Waals surface area (Å²) in [5, 5.41) is 5.09. The van der Waals surface area contributed by atoms with E-state index >= 15 is 0 Å². The minimum atomic E-state index is -3.81. The molecule has 8 heteroatoms. The molecule has 0 saturated carbocycles. The van der Waals surface area contributed by atoms with E-state index in [1.54, 1.807) is 13.8 Å². The summed E-state index contributed by atoms with van der Waals surface area (Å²) in [5.41, 5.74) is 1.45. The van der Waals surface area contributed by atoms with Gasteiger partial charge in [0.1, 0.15) is 0 Å². The third kappa shape index (κ3) is 5.29. The molecule has 120 valence electrons. The highest BCUT2D eigenvalue weighted by molar-refractivity contribution is 7.92. The van der Waals surface area contributed by atoms with E-state index in [9.17, 15) is 16.8 Å². The van der Waals surface area contributed by atoms with Gasteiger partial charge in [-0.15, -0.1) is 0 Å². The molecule has 0 fully saturated rings. The van der Waals surface area contributed by atoms with Crippen molar-refractivity contribution in [3.8, 4) is 0 Å². The van der Waals surface area contributed by atoms with Crippen LogP contribution in [0.5, 0.6) is 0 Å². The van der Waals surface area contributed by atoms with Gasteiger partial charge in [0.15, 0.2) is 0 Å². The van der Waals surface area contributed by atoms with E-state index in [-0.39, 0.29) is 16.6 Å². The van der Waals surface area contributed by atoms with E-state index in [0.717, 1.165) is 0 Å². The van der Waals surface area contributed by atoms with Crippen molar-refractivity contribution in [1.82, 2.24) is 0 Å². The number of primary sulfonamides is 1. The quantitative estimate of drug-likeness (QED) is 0.826. The Morgan fingerprint density at radius 2 is 1.57 bits per heavy atom. The molecule has 0 aromatic heterocycles. The minimum Gasteiger partial charge on any atom is -0.283 e. The van der Waals surface area contributed by atoms with Crippen LogP contribution in [-0.4, -0.2) is 22.6 Å². The van der Waals surface area contributed by atoms with E-state index in [4.69, 9.17) is 5.14 Å². The lowest BCUT2D eigenvalue weighted by Crippen LogP contribution is -2.20. The molecule has 0 spiro atoms. The standard InChI is InChI=1S/C13H22N2O4S2/c1-9(2)5-6-20(16,17)15-13-10(3)7-12(8-11(13)4)21(14,18)19/h7-9,15H,5-6H2,1-4H3,(H2,14,18,19). The summed E-state index contributed by atoms with van der Waals surface area (Å²) in [5.74, 6) is 0.314. The third-order valence-corrected chi connectivity index (χ3v) is 5.24. The molecule has 1 aromatic rings. The number of nitrogens with two attached hydrogens (primary N) is 1. The molecule has 0 saturated heterocycles. The van der Waals surface area contributed by atoms with Crippen LogP contribution in [0, 0.1) is 19.8 Å². The van der Waals surface area contributed by atoms with Gasteiger partial charge in [-0.3, -0.25) is 4.72 Å². The average molecular weight is 334 g/mol. The monoisotopic (exact) mass is 334 g/mol. The van der Waals surface area contributed by atoms with Crippen LogP contribution in [0.4, 0.5) is 5.69 Å². The molecule has 1 aromatic carbocycles. The summed E-state index contributed by atoms with van der Waals surface area (Å²) in [6.45, 7) is 7.18. The van der Waals surface area contributed by atoms with E-state index in [2.05, 4.69) is 4.72 Å². The Morgan fingerprint density at radius 3 is 1.95 bits per heavy atom. The first-order chi connectivity index (χ1) is 9.42. The number of nitrogens with one attached hydrogen (secondary N) is 1. The lowest BCUT2D eigenvalue weighted by atomic mass is 10.1. The number of rotatable bonds is 6. The molecular weight excluding hydrogens is 312 g/mol. The van der Waals surface area contributed by atoms with Crippen molar-refractivity contribution in [2.75, 3.05) is 10.5 Å². The smallest absolute Gasteiger partial charge is 0.238 e. The van der Waals surface area contributed by atoms with Gasteiger partial charge in [-0.05, 0) is 49.4 Å². The zero-order valence-electron chi connectivity index (χ0n) is 12.7. The van der Waals surface area contributed by atoms with Gasteiger partial charge in [0, 0.05) is 0 Å². The Morgan fingerprint density at radius 1 is 1.10 bits per heavy atom. The zero-order chi connectivity index (χ0) is 16.4. The molecule has 0 aliphatic rings. The minimum absolute atomic E-state index is 0.0253. The van der Waals surface area contributed by atoms with Crippen LogP contribution in [0.15, 0.2) is 17.0 Å². The Labute approximate surface area is 126 Å². The van der Waals surface area contributed by atoms with Crippen LogP contribution in [0.2, 0.25) is 0 Å². The van der Waals surface area contributed by atoms with Crippen LogP contribution in [0.1, 0.15) is 31.4 Å². The molecule has 0 amide bonds. The number of anilines is 1. The van der Waals surface area contributed by atoms with Crippen LogP contribution >= 0.6 is 0 Å².